The third kappa shape index (κ3) is 6.79. The van der Waals surface area contributed by atoms with Crippen molar-refractivity contribution in [1.29, 1.82) is 0 Å². The van der Waals surface area contributed by atoms with Gasteiger partial charge in [0.15, 0.2) is 0 Å². The Morgan fingerprint density at radius 2 is 1.94 bits per heavy atom. The summed E-state index contributed by atoms with van der Waals surface area (Å²) in [7, 11) is -4.16. The van der Waals surface area contributed by atoms with E-state index in [-0.39, 0.29) is 6.10 Å². The Bertz CT molecular complexity index is 286. The van der Waals surface area contributed by atoms with Gasteiger partial charge >= 0.3 is 13.8 Å². The topological polar surface area (TPSA) is 102 Å². The van der Waals surface area contributed by atoms with Crippen LogP contribution in [-0.2, 0) is 18.6 Å². The number of carbonyl (C=O) groups is 1. The van der Waals surface area contributed by atoms with Gasteiger partial charge in [-0.25, -0.2) is 4.79 Å². The lowest BCUT2D eigenvalue weighted by molar-refractivity contribution is -0.139. The molecule has 2 N–H and O–H groups in total. The van der Waals surface area contributed by atoms with Gasteiger partial charge in [0.05, 0.1) is 6.10 Å². The molecule has 8 heteroatoms. The summed E-state index contributed by atoms with van der Waals surface area (Å²) in [6.07, 6.45) is -2.45. The van der Waals surface area contributed by atoms with Crippen LogP contribution in [0.2, 0.25) is 0 Å². The Hall–Kier alpha value is -0.620. The second kappa shape index (κ2) is 5.63. The van der Waals surface area contributed by atoms with E-state index in [2.05, 4.69) is 14.0 Å². The maximum absolute atomic E-state index is 11.1. The lowest BCUT2D eigenvalue weighted by Crippen LogP contribution is -2.32. The highest BCUT2D eigenvalue weighted by Gasteiger charge is 2.34. The zero-order chi connectivity index (χ0) is 13.0. The number of carbonyl (C=O) groups excluding carboxylic acids is 1. The van der Waals surface area contributed by atoms with Gasteiger partial charge < -0.3 is 19.5 Å². The van der Waals surface area contributed by atoms with Gasteiger partial charge in [-0.3, -0.25) is 9.09 Å². The van der Waals surface area contributed by atoms with Crippen molar-refractivity contribution in [2.45, 2.75) is 39.6 Å². The molecule has 7 nitrogen and oxygen atoms in total. The SMILES string of the molecule is CC(C)OC(=O)OC(C)(C)OP(=O)(O)CO. The summed E-state index contributed by atoms with van der Waals surface area (Å²) in [4.78, 5) is 20.1. The van der Waals surface area contributed by atoms with Gasteiger partial charge in [0.1, 0.15) is 6.35 Å². The van der Waals surface area contributed by atoms with Crippen molar-refractivity contribution < 1.29 is 33.4 Å². The summed E-state index contributed by atoms with van der Waals surface area (Å²) in [5.74, 6) is -1.65. The van der Waals surface area contributed by atoms with Crippen molar-refractivity contribution in [3.8, 4) is 0 Å². The van der Waals surface area contributed by atoms with E-state index in [1.807, 2.05) is 0 Å². The second-order valence-corrected chi connectivity index (χ2v) is 5.53. The molecule has 0 saturated carbocycles. The summed E-state index contributed by atoms with van der Waals surface area (Å²) in [5.41, 5.74) is 0. The van der Waals surface area contributed by atoms with Gasteiger partial charge in [0, 0.05) is 13.8 Å². The third-order valence-electron chi connectivity index (χ3n) is 1.20. The molecule has 0 saturated heterocycles. The first-order valence-corrected chi connectivity index (χ1v) is 6.37. The number of hydrogen-bond acceptors (Lipinski definition) is 6. The van der Waals surface area contributed by atoms with Crippen LogP contribution in [0.3, 0.4) is 0 Å². The Kier molecular flexibility index (Phi) is 5.41. The van der Waals surface area contributed by atoms with Crippen LogP contribution in [0.4, 0.5) is 4.79 Å². The Balaban J connectivity index is 4.35. The average molecular weight is 256 g/mol. The molecule has 0 heterocycles. The van der Waals surface area contributed by atoms with Crippen molar-refractivity contribution in [1.82, 2.24) is 0 Å². The summed E-state index contributed by atoms with van der Waals surface area (Å²) in [5, 5.41) is 8.53. The van der Waals surface area contributed by atoms with E-state index >= 15 is 0 Å². The standard InChI is InChI=1S/C8H17O7P/c1-6(2)13-7(10)14-8(3,4)15-16(11,12)5-9/h6,9H,5H2,1-4H3,(H,11,12). The molecule has 1 unspecified atom stereocenters. The van der Waals surface area contributed by atoms with E-state index in [1.165, 1.54) is 13.8 Å². The molecule has 1 atom stereocenters. The van der Waals surface area contributed by atoms with E-state index in [0.29, 0.717) is 0 Å². The van der Waals surface area contributed by atoms with Gasteiger partial charge in [-0.1, -0.05) is 0 Å². The molecule has 96 valence electrons. The van der Waals surface area contributed by atoms with Crippen molar-refractivity contribution >= 4 is 13.8 Å². The van der Waals surface area contributed by atoms with E-state index in [9.17, 15) is 9.36 Å². The Labute approximate surface area is 93.8 Å². The van der Waals surface area contributed by atoms with E-state index in [4.69, 9.17) is 10.00 Å². The smallest absolute Gasteiger partial charge is 0.432 e. The highest BCUT2D eigenvalue weighted by molar-refractivity contribution is 7.52. The fraction of sp³-hybridized carbons (Fsp3) is 0.875. The fourth-order valence-corrected chi connectivity index (χ4v) is 1.59. The highest BCUT2D eigenvalue weighted by atomic mass is 31.2. The van der Waals surface area contributed by atoms with Gasteiger partial charge in [-0.2, -0.15) is 0 Å². The molecule has 0 bridgehead atoms. The molecule has 0 radical (unpaired) electrons. The molecule has 0 aromatic rings. The highest BCUT2D eigenvalue weighted by Crippen LogP contribution is 2.45. The minimum atomic E-state index is -4.16. The maximum atomic E-state index is 11.1. The average Bonchev–Trinajstić information content (AvgIpc) is 1.98. The van der Waals surface area contributed by atoms with Crippen LogP contribution >= 0.6 is 7.60 Å². The quantitative estimate of drug-likeness (QED) is 0.435. The van der Waals surface area contributed by atoms with Crippen molar-refractivity contribution in [3.63, 3.8) is 0 Å². The van der Waals surface area contributed by atoms with Gasteiger partial charge in [-0.05, 0) is 13.8 Å². The molecule has 0 amide bonds. The van der Waals surface area contributed by atoms with Crippen LogP contribution in [0.25, 0.3) is 0 Å². The lowest BCUT2D eigenvalue weighted by Gasteiger charge is -2.26. The largest absolute Gasteiger partial charge is 0.511 e. The Morgan fingerprint density at radius 1 is 1.44 bits per heavy atom. The van der Waals surface area contributed by atoms with E-state index in [1.54, 1.807) is 13.8 Å². The molecule has 16 heavy (non-hydrogen) atoms. The first-order chi connectivity index (χ1) is 7.08. The lowest BCUT2D eigenvalue weighted by atomic mass is 10.4. The molecular weight excluding hydrogens is 239 g/mol. The molecule has 0 rings (SSSR count). The fourth-order valence-electron chi connectivity index (χ4n) is 0.808. The Morgan fingerprint density at radius 3 is 2.31 bits per heavy atom. The number of rotatable bonds is 5. The molecule has 0 aromatic heterocycles. The number of aliphatic hydroxyl groups is 1. The number of ether oxygens (including phenoxy) is 2. The molecule has 0 fully saturated rings. The minimum Gasteiger partial charge on any atom is -0.432 e. The van der Waals surface area contributed by atoms with Gasteiger partial charge in [0.2, 0.25) is 5.79 Å². The van der Waals surface area contributed by atoms with Gasteiger partial charge in [0.25, 0.3) is 0 Å². The monoisotopic (exact) mass is 256 g/mol. The van der Waals surface area contributed by atoms with E-state index in [0.717, 1.165) is 0 Å². The third-order valence-corrected chi connectivity index (χ3v) is 2.28. The van der Waals surface area contributed by atoms with Crippen LogP contribution < -0.4 is 0 Å². The van der Waals surface area contributed by atoms with Crippen LogP contribution in [-0.4, -0.2) is 34.4 Å². The van der Waals surface area contributed by atoms with Crippen LogP contribution in [0.1, 0.15) is 27.7 Å². The van der Waals surface area contributed by atoms with Crippen LogP contribution in [0.15, 0.2) is 0 Å². The number of aliphatic hydroxyl groups excluding tert-OH is 1. The predicted molar refractivity (Wildman–Crippen MR) is 54.8 cm³/mol. The van der Waals surface area contributed by atoms with Crippen molar-refractivity contribution in [2.75, 3.05) is 6.35 Å². The zero-order valence-corrected chi connectivity index (χ0v) is 10.6. The van der Waals surface area contributed by atoms with Crippen molar-refractivity contribution in [3.05, 3.63) is 0 Å². The normalized spacial score (nSPS) is 15.7. The zero-order valence-electron chi connectivity index (χ0n) is 9.67. The summed E-state index contributed by atoms with van der Waals surface area (Å²) < 4.78 is 24.9. The molecular formula is C8H17O7P. The molecule has 0 aliphatic rings. The van der Waals surface area contributed by atoms with Crippen LogP contribution in [0.5, 0.6) is 0 Å². The predicted octanol–water partition coefficient (Wildman–Crippen LogP) is 1.44. The first-order valence-electron chi connectivity index (χ1n) is 4.61. The molecule has 0 aliphatic carbocycles. The maximum Gasteiger partial charge on any atom is 0.511 e. The van der Waals surface area contributed by atoms with E-state index < -0.39 is 25.9 Å². The summed E-state index contributed by atoms with van der Waals surface area (Å²) in [6.45, 7) is 5.76. The number of hydrogen-bond donors (Lipinski definition) is 2. The second-order valence-electron chi connectivity index (χ2n) is 3.79. The molecule has 0 aromatic carbocycles. The molecule has 0 spiro atoms. The van der Waals surface area contributed by atoms with Crippen molar-refractivity contribution in [2.24, 2.45) is 0 Å². The van der Waals surface area contributed by atoms with Gasteiger partial charge in [-0.15, -0.1) is 0 Å². The minimum absolute atomic E-state index is 0.373. The molecule has 0 aliphatic heterocycles. The first kappa shape index (κ1) is 15.4. The summed E-state index contributed by atoms with van der Waals surface area (Å²) >= 11 is 0. The van der Waals surface area contributed by atoms with Crippen LogP contribution in [0, 0.1) is 0 Å². The summed E-state index contributed by atoms with van der Waals surface area (Å²) in [6, 6.07) is 0.